The summed E-state index contributed by atoms with van der Waals surface area (Å²) in [6.45, 7) is 1.33. The molecule has 0 aliphatic heterocycles. The molecule has 0 aliphatic carbocycles. The smallest absolute Gasteiger partial charge is 0.221 e. The Kier molecular flexibility index (Phi) is 5.44. The molecule has 1 aromatic carbocycles. The van der Waals surface area contributed by atoms with Gasteiger partial charge in [-0.1, -0.05) is 11.6 Å². The van der Waals surface area contributed by atoms with Crippen LogP contribution in [0, 0.1) is 0 Å². The Morgan fingerprint density at radius 3 is 2.61 bits per heavy atom. The maximum atomic E-state index is 11.7. The summed E-state index contributed by atoms with van der Waals surface area (Å²) in [6.07, 6.45) is 0.776. The molecule has 1 rings (SSSR count). The summed E-state index contributed by atoms with van der Waals surface area (Å²) in [4.78, 5) is 22.6. The van der Waals surface area contributed by atoms with E-state index in [9.17, 15) is 14.7 Å². The number of hydrogen-bond donors (Lipinski definition) is 2. The van der Waals surface area contributed by atoms with Crippen LogP contribution in [0.3, 0.4) is 0 Å². The predicted octanol–water partition coefficient (Wildman–Crippen LogP) is 3.21. The zero-order valence-electron chi connectivity index (χ0n) is 9.80. The third-order valence-electron chi connectivity index (χ3n) is 2.23. The number of carbonyl (C=O) groups excluding carboxylic acids is 2. The van der Waals surface area contributed by atoms with Gasteiger partial charge in [-0.25, -0.2) is 0 Å². The van der Waals surface area contributed by atoms with Crippen LogP contribution in [0.15, 0.2) is 12.1 Å². The molecule has 18 heavy (non-hydrogen) atoms. The number of benzene rings is 1. The summed E-state index contributed by atoms with van der Waals surface area (Å²) in [5.74, 6) is -0.367. The highest BCUT2D eigenvalue weighted by molar-refractivity contribution is 6.34. The standard InChI is InChI=1S/C12H13Cl2NO3/c1-7(16)15-10-6-12(18)8(5-9(10)14)11(17)3-2-4-13/h5-6,18H,2-4H2,1H3,(H,15,16). The average Bonchev–Trinajstić information content (AvgIpc) is 2.29. The molecular weight excluding hydrogens is 277 g/mol. The molecule has 0 heterocycles. The molecule has 2 N–H and O–H groups in total. The highest BCUT2D eigenvalue weighted by Gasteiger charge is 2.14. The molecule has 0 spiro atoms. The van der Waals surface area contributed by atoms with E-state index < -0.39 is 0 Å². The number of carbonyl (C=O) groups is 2. The van der Waals surface area contributed by atoms with Gasteiger partial charge in [-0.2, -0.15) is 0 Å². The van der Waals surface area contributed by atoms with E-state index in [2.05, 4.69) is 5.32 Å². The largest absolute Gasteiger partial charge is 0.507 e. The van der Waals surface area contributed by atoms with E-state index in [4.69, 9.17) is 23.2 Å². The van der Waals surface area contributed by atoms with Crippen molar-refractivity contribution in [2.24, 2.45) is 0 Å². The number of rotatable bonds is 5. The number of phenols is 1. The molecule has 4 nitrogen and oxygen atoms in total. The number of hydrogen-bond acceptors (Lipinski definition) is 3. The minimum atomic E-state index is -0.308. The van der Waals surface area contributed by atoms with E-state index in [1.165, 1.54) is 19.1 Å². The fourth-order valence-corrected chi connectivity index (χ4v) is 1.78. The molecule has 98 valence electrons. The van der Waals surface area contributed by atoms with Crippen LogP contribution in [0.2, 0.25) is 5.02 Å². The van der Waals surface area contributed by atoms with Gasteiger partial charge in [0.1, 0.15) is 5.75 Å². The first kappa shape index (κ1) is 14.8. The Morgan fingerprint density at radius 1 is 1.39 bits per heavy atom. The number of nitrogens with one attached hydrogen (secondary N) is 1. The molecular formula is C12H13Cl2NO3. The molecule has 1 amide bonds. The van der Waals surface area contributed by atoms with E-state index in [-0.39, 0.29) is 40.1 Å². The second kappa shape index (κ2) is 6.61. The van der Waals surface area contributed by atoms with Gasteiger partial charge in [0.25, 0.3) is 0 Å². The van der Waals surface area contributed by atoms with E-state index in [1.54, 1.807) is 0 Å². The molecule has 0 aromatic heterocycles. The van der Waals surface area contributed by atoms with Crippen molar-refractivity contribution < 1.29 is 14.7 Å². The molecule has 0 aliphatic rings. The van der Waals surface area contributed by atoms with E-state index in [0.717, 1.165) is 0 Å². The zero-order valence-corrected chi connectivity index (χ0v) is 11.3. The molecule has 0 saturated carbocycles. The lowest BCUT2D eigenvalue weighted by Gasteiger charge is -2.09. The number of Topliss-reactive ketones (excluding diaryl/α,β-unsaturated/α-hetero) is 1. The van der Waals surface area contributed by atoms with Gasteiger partial charge in [0.15, 0.2) is 5.78 Å². The van der Waals surface area contributed by atoms with Gasteiger partial charge < -0.3 is 10.4 Å². The van der Waals surface area contributed by atoms with Crippen LogP contribution in [0.4, 0.5) is 5.69 Å². The van der Waals surface area contributed by atoms with E-state index in [0.29, 0.717) is 12.3 Å². The van der Waals surface area contributed by atoms with Crippen molar-refractivity contribution in [2.45, 2.75) is 19.8 Å². The minimum absolute atomic E-state index is 0.138. The van der Waals surface area contributed by atoms with Gasteiger partial charge >= 0.3 is 0 Å². The lowest BCUT2D eigenvalue weighted by atomic mass is 10.1. The molecule has 0 unspecified atom stereocenters. The number of alkyl halides is 1. The first-order chi connectivity index (χ1) is 8.45. The van der Waals surface area contributed by atoms with Crippen LogP contribution in [-0.4, -0.2) is 22.7 Å². The summed E-state index contributed by atoms with van der Waals surface area (Å²) < 4.78 is 0. The summed E-state index contributed by atoms with van der Waals surface area (Å²) in [5.41, 5.74) is 0.412. The number of anilines is 1. The summed E-state index contributed by atoms with van der Waals surface area (Å²) >= 11 is 11.4. The van der Waals surface area contributed by atoms with Gasteiger partial charge in [0, 0.05) is 25.3 Å². The van der Waals surface area contributed by atoms with Crippen molar-refractivity contribution in [3.63, 3.8) is 0 Å². The molecule has 0 fully saturated rings. The fourth-order valence-electron chi connectivity index (χ4n) is 1.43. The molecule has 0 radical (unpaired) electrons. The predicted molar refractivity (Wildman–Crippen MR) is 71.7 cm³/mol. The maximum Gasteiger partial charge on any atom is 0.221 e. The fraction of sp³-hybridized carbons (Fsp3) is 0.333. The normalized spacial score (nSPS) is 10.2. The molecule has 0 atom stereocenters. The van der Waals surface area contributed by atoms with Crippen LogP contribution in [0.25, 0.3) is 0 Å². The van der Waals surface area contributed by atoms with Gasteiger partial charge in [-0.05, 0) is 12.5 Å². The number of ketones is 1. The highest BCUT2D eigenvalue weighted by atomic mass is 35.5. The number of halogens is 2. The Morgan fingerprint density at radius 2 is 2.06 bits per heavy atom. The summed E-state index contributed by atoms with van der Waals surface area (Å²) in [7, 11) is 0. The van der Waals surface area contributed by atoms with Crippen molar-refractivity contribution in [1.82, 2.24) is 0 Å². The number of aromatic hydroxyl groups is 1. The van der Waals surface area contributed by atoms with E-state index in [1.807, 2.05) is 0 Å². The van der Waals surface area contributed by atoms with Gasteiger partial charge in [-0.15, -0.1) is 11.6 Å². The van der Waals surface area contributed by atoms with E-state index >= 15 is 0 Å². The first-order valence-corrected chi connectivity index (χ1v) is 6.26. The molecule has 6 heteroatoms. The monoisotopic (exact) mass is 289 g/mol. The van der Waals surface area contributed by atoms with Crippen LogP contribution in [0.5, 0.6) is 5.75 Å². The second-order valence-corrected chi connectivity index (χ2v) is 4.53. The lowest BCUT2D eigenvalue weighted by molar-refractivity contribution is -0.114. The van der Waals surface area contributed by atoms with Gasteiger partial charge in [0.05, 0.1) is 16.3 Å². The SMILES string of the molecule is CC(=O)Nc1cc(O)c(C(=O)CCCCl)cc1Cl. The third-order valence-corrected chi connectivity index (χ3v) is 2.81. The van der Waals surface area contributed by atoms with Gasteiger partial charge in [0.2, 0.25) is 5.91 Å². The molecule has 1 aromatic rings. The Balaban J connectivity index is 2.99. The molecule has 0 bridgehead atoms. The Labute approximate surface area is 115 Å². The van der Waals surface area contributed by atoms with Gasteiger partial charge in [-0.3, -0.25) is 9.59 Å². The van der Waals surface area contributed by atoms with Crippen LogP contribution < -0.4 is 5.32 Å². The Bertz CT molecular complexity index is 475. The lowest BCUT2D eigenvalue weighted by Crippen LogP contribution is -2.07. The quantitative estimate of drug-likeness (QED) is 0.646. The summed E-state index contributed by atoms with van der Waals surface area (Å²) in [6, 6.07) is 2.61. The maximum absolute atomic E-state index is 11.7. The number of phenolic OH excluding ortho intramolecular Hbond substituents is 1. The number of amides is 1. The Hall–Kier alpha value is -1.26. The molecule has 0 saturated heterocycles. The van der Waals surface area contributed by atoms with Crippen molar-refractivity contribution in [3.05, 3.63) is 22.7 Å². The summed E-state index contributed by atoms with van der Waals surface area (Å²) in [5, 5.41) is 12.4. The first-order valence-electron chi connectivity index (χ1n) is 5.35. The van der Waals surface area contributed by atoms with Crippen molar-refractivity contribution >= 4 is 40.6 Å². The van der Waals surface area contributed by atoms with Crippen LogP contribution in [-0.2, 0) is 4.79 Å². The van der Waals surface area contributed by atoms with Crippen molar-refractivity contribution in [1.29, 1.82) is 0 Å². The second-order valence-electron chi connectivity index (χ2n) is 3.75. The highest BCUT2D eigenvalue weighted by Crippen LogP contribution is 2.31. The van der Waals surface area contributed by atoms with Crippen molar-refractivity contribution in [2.75, 3.05) is 11.2 Å². The average molecular weight is 290 g/mol. The minimum Gasteiger partial charge on any atom is -0.507 e. The zero-order chi connectivity index (χ0) is 13.7. The van der Waals surface area contributed by atoms with Crippen molar-refractivity contribution in [3.8, 4) is 5.75 Å². The van der Waals surface area contributed by atoms with Crippen LogP contribution in [0.1, 0.15) is 30.1 Å². The topological polar surface area (TPSA) is 66.4 Å². The third kappa shape index (κ3) is 3.89. The van der Waals surface area contributed by atoms with Crippen LogP contribution >= 0.6 is 23.2 Å².